The Morgan fingerprint density at radius 2 is 1.77 bits per heavy atom. The van der Waals surface area contributed by atoms with Crippen molar-refractivity contribution in [1.29, 1.82) is 0 Å². The molecule has 1 atom stereocenters. The Labute approximate surface area is 155 Å². The van der Waals surface area contributed by atoms with Crippen LogP contribution in [0.3, 0.4) is 0 Å². The third-order valence-corrected chi connectivity index (χ3v) is 5.10. The SMILES string of the molecule is CCN(CC)C(=O)CN(C)C(=O)CC1c2ccccc2CCN1C(C)=O. The Morgan fingerprint density at radius 1 is 1.12 bits per heavy atom. The highest BCUT2D eigenvalue weighted by Crippen LogP contribution is 2.32. The number of benzene rings is 1. The van der Waals surface area contributed by atoms with E-state index in [9.17, 15) is 14.4 Å². The van der Waals surface area contributed by atoms with E-state index in [1.54, 1.807) is 23.8 Å². The molecule has 0 N–H and O–H groups in total. The summed E-state index contributed by atoms with van der Waals surface area (Å²) in [7, 11) is 1.65. The maximum Gasteiger partial charge on any atom is 0.242 e. The summed E-state index contributed by atoms with van der Waals surface area (Å²) in [6.07, 6.45) is 0.995. The number of amides is 3. The Morgan fingerprint density at radius 3 is 2.38 bits per heavy atom. The van der Waals surface area contributed by atoms with Crippen LogP contribution in [0.15, 0.2) is 24.3 Å². The van der Waals surface area contributed by atoms with E-state index >= 15 is 0 Å². The smallest absolute Gasteiger partial charge is 0.242 e. The van der Waals surface area contributed by atoms with Crippen LogP contribution in [0.25, 0.3) is 0 Å². The van der Waals surface area contributed by atoms with E-state index in [4.69, 9.17) is 0 Å². The molecule has 0 fully saturated rings. The largest absolute Gasteiger partial charge is 0.342 e. The van der Waals surface area contributed by atoms with Crippen molar-refractivity contribution < 1.29 is 14.4 Å². The minimum absolute atomic E-state index is 0.0285. The Bertz CT molecular complexity index is 670. The van der Waals surface area contributed by atoms with Crippen molar-refractivity contribution in [3.63, 3.8) is 0 Å². The second-order valence-corrected chi connectivity index (χ2v) is 6.70. The molecule has 0 saturated carbocycles. The molecule has 0 bridgehead atoms. The van der Waals surface area contributed by atoms with Gasteiger partial charge in [-0.2, -0.15) is 0 Å². The minimum Gasteiger partial charge on any atom is -0.342 e. The minimum atomic E-state index is -0.268. The molecule has 0 aliphatic carbocycles. The van der Waals surface area contributed by atoms with Crippen LogP contribution in [0.2, 0.25) is 0 Å². The van der Waals surface area contributed by atoms with Gasteiger partial charge in [0.2, 0.25) is 17.7 Å². The van der Waals surface area contributed by atoms with Gasteiger partial charge in [0.1, 0.15) is 0 Å². The molecule has 142 valence electrons. The number of fused-ring (bicyclic) bond motifs is 1. The lowest BCUT2D eigenvalue weighted by Gasteiger charge is -2.37. The molecule has 1 aliphatic heterocycles. The average molecular weight is 359 g/mol. The van der Waals surface area contributed by atoms with Crippen molar-refractivity contribution in [2.75, 3.05) is 33.2 Å². The molecule has 26 heavy (non-hydrogen) atoms. The zero-order valence-corrected chi connectivity index (χ0v) is 16.2. The van der Waals surface area contributed by atoms with Gasteiger partial charge in [-0.05, 0) is 31.4 Å². The van der Waals surface area contributed by atoms with Gasteiger partial charge < -0.3 is 14.7 Å². The van der Waals surface area contributed by atoms with Gasteiger partial charge in [-0.1, -0.05) is 24.3 Å². The zero-order valence-electron chi connectivity index (χ0n) is 16.2. The highest BCUT2D eigenvalue weighted by atomic mass is 16.2. The van der Waals surface area contributed by atoms with Crippen LogP contribution >= 0.6 is 0 Å². The van der Waals surface area contributed by atoms with Gasteiger partial charge in [0.25, 0.3) is 0 Å². The fourth-order valence-corrected chi connectivity index (χ4v) is 3.54. The molecule has 1 aromatic rings. The molecule has 2 rings (SSSR count). The lowest BCUT2D eigenvalue weighted by molar-refractivity contribution is -0.141. The van der Waals surface area contributed by atoms with Crippen LogP contribution in [0.1, 0.15) is 44.4 Å². The van der Waals surface area contributed by atoms with Crippen LogP contribution in [0.5, 0.6) is 0 Å². The van der Waals surface area contributed by atoms with Crippen molar-refractivity contribution in [3.8, 4) is 0 Å². The predicted molar refractivity (Wildman–Crippen MR) is 100 cm³/mol. The first kappa shape index (κ1) is 19.9. The number of hydrogen-bond acceptors (Lipinski definition) is 3. The van der Waals surface area contributed by atoms with Gasteiger partial charge in [-0.25, -0.2) is 0 Å². The monoisotopic (exact) mass is 359 g/mol. The van der Waals surface area contributed by atoms with E-state index in [0.29, 0.717) is 19.6 Å². The van der Waals surface area contributed by atoms with Crippen molar-refractivity contribution in [2.24, 2.45) is 0 Å². The normalized spacial score (nSPS) is 16.0. The summed E-state index contributed by atoms with van der Waals surface area (Å²) in [5.74, 6) is -0.212. The molecular weight excluding hydrogens is 330 g/mol. The Balaban J connectivity index is 2.12. The molecule has 1 unspecified atom stereocenters. The molecule has 6 nitrogen and oxygen atoms in total. The van der Waals surface area contributed by atoms with E-state index < -0.39 is 0 Å². The van der Waals surface area contributed by atoms with Crippen molar-refractivity contribution in [1.82, 2.24) is 14.7 Å². The van der Waals surface area contributed by atoms with Crippen LogP contribution in [0.4, 0.5) is 0 Å². The van der Waals surface area contributed by atoms with Gasteiger partial charge in [-0.15, -0.1) is 0 Å². The maximum absolute atomic E-state index is 12.7. The van der Waals surface area contributed by atoms with E-state index in [0.717, 1.165) is 12.0 Å². The second-order valence-electron chi connectivity index (χ2n) is 6.70. The summed E-state index contributed by atoms with van der Waals surface area (Å²) in [5, 5.41) is 0. The summed E-state index contributed by atoms with van der Waals surface area (Å²) < 4.78 is 0. The molecule has 0 radical (unpaired) electrons. The number of nitrogens with zero attached hydrogens (tertiary/aromatic N) is 3. The quantitative estimate of drug-likeness (QED) is 0.779. The number of hydrogen-bond donors (Lipinski definition) is 0. The lowest BCUT2D eigenvalue weighted by atomic mass is 9.90. The van der Waals surface area contributed by atoms with Crippen LogP contribution in [0, 0.1) is 0 Å². The second kappa shape index (κ2) is 8.83. The third-order valence-electron chi connectivity index (χ3n) is 5.10. The van der Waals surface area contributed by atoms with Crippen molar-refractivity contribution in [3.05, 3.63) is 35.4 Å². The average Bonchev–Trinajstić information content (AvgIpc) is 2.62. The molecule has 1 aliphatic rings. The van der Waals surface area contributed by atoms with E-state index in [-0.39, 0.29) is 36.7 Å². The molecule has 1 aromatic carbocycles. The molecule has 3 amide bonds. The first-order chi connectivity index (χ1) is 12.4. The number of carbonyl (C=O) groups excluding carboxylic acids is 3. The topological polar surface area (TPSA) is 60.9 Å². The summed E-state index contributed by atoms with van der Waals surface area (Å²) in [6.45, 7) is 7.33. The number of rotatable bonds is 6. The standard InChI is InChI=1S/C20H29N3O3/c1-5-22(6-2)20(26)14-21(4)19(25)13-18-17-10-8-7-9-16(17)11-12-23(18)15(3)24/h7-10,18H,5-6,11-14H2,1-4H3. The molecular formula is C20H29N3O3. The number of likely N-dealkylation sites (N-methyl/N-ethyl adjacent to an activating group) is 2. The zero-order chi connectivity index (χ0) is 19.3. The highest BCUT2D eigenvalue weighted by molar-refractivity contribution is 5.85. The van der Waals surface area contributed by atoms with Crippen molar-refractivity contribution >= 4 is 17.7 Å². The Hall–Kier alpha value is -2.37. The summed E-state index contributed by atoms with van der Waals surface area (Å²) in [4.78, 5) is 42.0. The molecule has 0 saturated heterocycles. The fraction of sp³-hybridized carbons (Fsp3) is 0.550. The highest BCUT2D eigenvalue weighted by Gasteiger charge is 2.31. The maximum atomic E-state index is 12.7. The Kier molecular flexibility index (Phi) is 6.77. The van der Waals surface area contributed by atoms with Gasteiger partial charge in [0.05, 0.1) is 19.0 Å². The first-order valence-electron chi connectivity index (χ1n) is 9.25. The summed E-state index contributed by atoms with van der Waals surface area (Å²) in [6, 6.07) is 7.70. The first-order valence-corrected chi connectivity index (χ1v) is 9.25. The summed E-state index contributed by atoms with van der Waals surface area (Å²) in [5.41, 5.74) is 2.22. The van der Waals surface area contributed by atoms with Crippen LogP contribution in [-0.4, -0.2) is 65.6 Å². The predicted octanol–water partition coefficient (Wildman–Crippen LogP) is 1.85. The summed E-state index contributed by atoms with van der Waals surface area (Å²) >= 11 is 0. The van der Waals surface area contributed by atoms with Gasteiger partial charge in [-0.3, -0.25) is 14.4 Å². The fourth-order valence-electron chi connectivity index (χ4n) is 3.54. The molecule has 1 heterocycles. The van der Waals surface area contributed by atoms with Gasteiger partial charge in [0, 0.05) is 33.6 Å². The van der Waals surface area contributed by atoms with Gasteiger partial charge in [0.15, 0.2) is 0 Å². The van der Waals surface area contributed by atoms with Crippen LogP contribution in [-0.2, 0) is 20.8 Å². The number of carbonyl (C=O) groups is 3. The van der Waals surface area contributed by atoms with E-state index in [1.165, 1.54) is 10.5 Å². The molecule has 0 spiro atoms. The van der Waals surface area contributed by atoms with Gasteiger partial charge >= 0.3 is 0 Å². The van der Waals surface area contributed by atoms with Crippen molar-refractivity contribution in [2.45, 2.75) is 39.7 Å². The van der Waals surface area contributed by atoms with Crippen LogP contribution < -0.4 is 0 Å². The van der Waals surface area contributed by atoms with E-state index in [2.05, 4.69) is 6.07 Å². The molecule has 0 aromatic heterocycles. The third kappa shape index (κ3) is 4.42. The van der Waals surface area contributed by atoms with E-state index in [1.807, 2.05) is 32.0 Å². The lowest BCUT2D eigenvalue weighted by Crippen LogP contribution is -2.44. The molecule has 6 heteroatoms.